The smallest absolute Gasteiger partial charge is 0.286 e. The second-order valence-electron chi connectivity index (χ2n) is 7.37. The molecular formula is C21H22ClN3O3S. The second kappa shape index (κ2) is 7.80. The maximum absolute atomic E-state index is 12.7. The van der Waals surface area contributed by atoms with Crippen LogP contribution in [0.4, 0.5) is 5.69 Å². The number of hydrogen-bond donors (Lipinski definition) is 1. The molecule has 2 aliphatic heterocycles. The SMILES string of the molecule is CC(NC(=O)c1ccc2c(c1)S(=O)(=O)N=C1CCCCCN12)c1ccc(Cl)cc1. The van der Waals surface area contributed by atoms with Gasteiger partial charge in [-0.1, -0.05) is 30.2 Å². The third kappa shape index (κ3) is 4.02. The number of fused-ring (bicyclic) bond motifs is 3. The lowest BCUT2D eigenvalue weighted by Crippen LogP contribution is -2.35. The Morgan fingerprint density at radius 2 is 1.90 bits per heavy atom. The second-order valence-corrected chi connectivity index (χ2v) is 9.38. The largest absolute Gasteiger partial charge is 0.346 e. The van der Waals surface area contributed by atoms with Crippen LogP contribution in [0, 0.1) is 0 Å². The van der Waals surface area contributed by atoms with Gasteiger partial charge in [-0.05, 0) is 55.7 Å². The van der Waals surface area contributed by atoms with Crippen LogP contribution in [0.15, 0.2) is 51.8 Å². The minimum atomic E-state index is -3.82. The Hall–Kier alpha value is -2.38. The average molecular weight is 432 g/mol. The first-order valence-corrected chi connectivity index (χ1v) is 11.5. The van der Waals surface area contributed by atoms with Crippen LogP contribution in [-0.2, 0) is 10.0 Å². The molecule has 1 unspecified atom stereocenters. The fraction of sp³-hybridized carbons (Fsp3) is 0.333. The van der Waals surface area contributed by atoms with E-state index in [0.29, 0.717) is 28.5 Å². The molecule has 8 heteroatoms. The highest BCUT2D eigenvalue weighted by atomic mass is 35.5. The average Bonchev–Trinajstić information content (AvgIpc) is 2.93. The summed E-state index contributed by atoms with van der Waals surface area (Å²) in [6, 6.07) is 11.8. The van der Waals surface area contributed by atoms with Crippen LogP contribution in [0.2, 0.25) is 5.02 Å². The van der Waals surface area contributed by atoms with Crippen LogP contribution < -0.4 is 10.2 Å². The van der Waals surface area contributed by atoms with Gasteiger partial charge < -0.3 is 10.2 Å². The molecule has 2 heterocycles. The molecule has 0 radical (unpaired) electrons. The minimum absolute atomic E-state index is 0.0925. The number of anilines is 1. The van der Waals surface area contributed by atoms with Crippen LogP contribution in [0.3, 0.4) is 0 Å². The lowest BCUT2D eigenvalue weighted by atomic mass is 10.1. The molecular weight excluding hydrogens is 410 g/mol. The monoisotopic (exact) mass is 431 g/mol. The number of sulfonamides is 1. The molecule has 0 spiro atoms. The van der Waals surface area contributed by atoms with Gasteiger partial charge in [0.2, 0.25) is 0 Å². The molecule has 1 fully saturated rings. The summed E-state index contributed by atoms with van der Waals surface area (Å²) in [6.45, 7) is 2.60. The summed E-state index contributed by atoms with van der Waals surface area (Å²) in [5.74, 6) is 0.264. The summed E-state index contributed by atoms with van der Waals surface area (Å²) >= 11 is 5.91. The predicted octanol–water partition coefficient (Wildman–Crippen LogP) is 4.31. The van der Waals surface area contributed by atoms with E-state index in [9.17, 15) is 13.2 Å². The summed E-state index contributed by atoms with van der Waals surface area (Å²) in [5.41, 5.74) is 1.81. The van der Waals surface area contributed by atoms with Crippen molar-refractivity contribution in [3.63, 3.8) is 0 Å². The number of rotatable bonds is 3. The first kappa shape index (κ1) is 19.9. The molecule has 6 nitrogen and oxygen atoms in total. The van der Waals surface area contributed by atoms with Crippen molar-refractivity contribution in [3.05, 3.63) is 58.6 Å². The Kier molecular flexibility index (Phi) is 5.36. The third-order valence-electron chi connectivity index (χ3n) is 5.33. The molecule has 1 saturated heterocycles. The van der Waals surface area contributed by atoms with Crippen LogP contribution in [0.5, 0.6) is 0 Å². The van der Waals surface area contributed by atoms with E-state index in [2.05, 4.69) is 9.71 Å². The maximum atomic E-state index is 12.7. The van der Waals surface area contributed by atoms with Crippen molar-refractivity contribution in [1.29, 1.82) is 0 Å². The van der Waals surface area contributed by atoms with E-state index in [1.807, 2.05) is 24.0 Å². The first-order chi connectivity index (χ1) is 13.8. The van der Waals surface area contributed by atoms with Crippen molar-refractivity contribution in [2.75, 3.05) is 11.4 Å². The third-order valence-corrected chi connectivity index (χ3v) is 6.91. The fourth-order valence-corrected chi connectivity index (χ4v) is 5.15. The summed E-state index contributed by atoms with van der Waals surface area (Å²) < 4.78 is 29.5. The van der Waals surface area contributed by atoms with Crippen molar-refractivity contribution in [2.45, 2.75) is 43.5 Å². The van der Waals surface area contributed by atoms with Gasteiger partial charge in [-0.2, -0.15) is 8.42 Å². The molecule has 0 aliphatic carbocycles. The molecule has 1 amide bonds. The van der Waals surface area contributed by atoms with Gasteiger partial charge in [0, 0.05) is 23.6 Å². The molecule has 1 N–H and O–H groups in total. The Morgan fingerprint density at radius 3 is 2.66 bits per heavy atom. The van der Waals surface area contributed by atoms with Gasteiger partial charge >= 0.3 is 0 Å². The Labute approximate surface area is 175 Å². The van der Waals surface area contributed by atoms with Gasteiger partial charge in [0.15, 0.2) is 0 Å². The van der Waals surface area contributed by atoms with Crippen molar-refractivity contribution < 1.29 is 13.2 Å². The topological polar surface area (TPSA) is 78.8 Å². The zero-order chi connectivity index (χ0) is 20.6. The number of nitrogens with zero attached hydrogens (tertiary/aromatic N) is 2. The molecule has 152 valence electrons. The van der Waals surface area contributed by atoms with E-state index in [-0.39, 0.29) is 16.8 Å². The van der Waals surface area contributed by atoms with Crippen LogP contribution >= 0.6 is 11.6 Å². The van der Waals surface area contributed by atoms with E-state index < -0.39 is 10.0 Å². The number of benzene rings is 2. The standard InChI is InChI=1S/C21H22ClN3O3S/c1-14(15-6-9-17(22)10-7-15)23-21(26)16-8-11-18-19(13-16)29(27,28)24-20-5-3-2-4-12-25(18)20/h6-11,13-14H,2-5,12H2,1H3,(H,23,26). The highest BCUT2D eigenvalue weighted by Crippen LogP contribution is 2.35. The van der Waals surface area contributed by atoms with Gasteiger partial charge in [0.1, 0.15) is 10.7 Å². The molecule has 0 aromatic heterocycles. The lowest BCUT2D eigenvalue weighted by Gasteiger charge is -2.29. The van der Waals surface area contributed by atoms with E-state index >= 15 is 0 Å². The molecule has 0 bridgehead atoms. The minimum Gasteiger partial charge on any atom is -0.346 e. The van der Waals surface area contributed by atoms with Gasteiger partial charge in [-0.15, -0.1) is 4.40 Å². The van der Waals surface area contributed by atoms with E-state index in [4.69, 9.17) is 11.6 Å². The molecule has 1 atom stereocenters. The highest BCUT2D eigenvalue weighted by Gasteiger charge is 2.32. The summed E-state index contributed by atoms with van der Waals surface area (Å²) in [4.78, 5) is 14.8. The Bertz CT molecular complexity index is 1080. The maximum Gasteiger partial charge on any atom is 0.286 e. The normalized spacial score (nSPS) is 18.7. The molecule has 29 heavy (non-hydrogen) atoms. The molecule has 2 aromatic rings. The van der Waals surface area contributed by atoms with Crippen molar-refractivity contribution in [2.24, 2.45) is 4.40 Å². The van der Waals surface area contributed by atoms with Gasteiger partial charge in [0.05, 0.1) is 11.7 Å². The van der Waals surface area contributed by atoms with Crippen molar-refractivity contribution in [1.82, 2.24) is 5.32 Å². The number of amides is 1. The van der Waals surface area contributed by atoms with Gasteiger partial charge in [-0.25, -0.2) is 0 Å². The Morgan fingerprint density at radius 1 is 1.14 bits per heavy atom. The van der Waals surface area contributed by atoms with E-state index in [0.717, 1.165) is 31.4 Å². The number of halogens is 1. The summed E-state index contributed by atoms with van der Waals surface area (Å²) in [6.07, 6.45) is 3.62. The zero-order valence-corrected chi connectivity index (χ0v) is 17.6. The van der Waals surface area contributed by atoms with E-state index in [1.165, 1.54) is 6.07 Å². The van der Waals surface area contributed by atoms with Crippen LogP contribution in [0.1, 0.15) is 54.6 Å². The molecule has 2 aromatic carbocycles. The number of nitrogens with one attached hydrogen (secondary N) is 1. The van der Waals surface area contributed by atoms with Gasteiger partial charge in [-0.3, -0.25) is 4.79 Å². The van der Waals surface area contributed by atoms with Crippen molar-refractivity contribution in [3.8, 4) is 0 Å². The van der Waals surface area contributed by atoms with Gasteiger partial charge in [0.25, 0.3) is 15.9 Å². The Balaban J connectivity index is 1.61. The molecule has 0 saturated carbocycles. The summed E-state index contributed by atoms with van der Waals surface area (Å²) in [5, 5.41) is 3.53. The predicted molar refractivity (Wildman–Crippen MR) is 114 cm³/mol. The lowest BCUT2D eigenvalue weighted by molar-refractivity contribution is 0.0939. The highest BCUT2D eigenvalue weighted by molar-refractivity contribution is 7.90. The zero-order valence-electron chi connectivity index (χ0n) is 16.1. The first-order valence-electron chi connectivity index (χ1n) is 9.67. The summed E-state index contributed by atoms with van der Waals surface area (Å²) in [7, 11) is -3.82. The fourth-order valence-electron chi connectivity index (χ4n) is 3.74. The number of amidine groups is 1. The number of carbonyl (C=O) groups is 1. The molecule has 2 aliphatic rings. The van der Waals surface area contributed by atoms with E-state index in [1.54, 1.807) is 24.3 Å². The number of carbonyl (C=O) groups excluding carboxylic acids is 1. The van der Waals surface area contributed by atoms with Crippen LogP contribution in [0.25, 0.3) is 0 Å². The quantitative estimate of drug-likeness (QED) is 0.785. The molecule has 4 rings (SSSR count). The van der Waals surface area contributed by atoms with Crippen LogP contribution in [-0.4, -0.2) is 26.7 Å². The number of hydrogen-bond acceptors (Lipinski definition) is 4. The van der Waals surface area contributed by atoms with Crippen molar-refractivity contribution >= 4 is 39.1 Å².